The van der Waals surface area contributed by atoms with Crippen LogP contribution in [0.1, 0.15) is 35.8 Å². The highest BCUT2D eigenvalue weighted by Gasteiger charge is 2.27. The Morgan fingerprint density at radius 3 is 2.65 bits per heavy atom. The van der Waals surface area contributed by atoms with Crippen LogP contribution in [0.2, 0.25) is 0 Å². The Bertz CT molecular complexity index is 872. The molecule has 134 valence electrons. The summed E-state index contributed by atoms with van der Waals surface area (Å²) in [4.78, 5) is 6.95. The number of rotatable bonds is 5. The summed E-state index contributed by atoms with van der Waals surface area (Å²) >= 11 is 3.35. The first kappa shape index (κ1) is 17.4. The summed E-state index contributed by atoms with van der Waals surface area (Å²) < 4.78 is 16.5. The SMILES string of the molecule is Fc1ccc(C(c2cccn2Cc2ccccn2)N2CCCC2)cc1Br. The van der Waals surface area contributed by atoms with Crippen molar-refractivity contribution < 1.29 is 4.39 Å². The Hall–Kier alpha value is -1.98. The van der Waals surface area contributed by atoms with Crippen LogP contribution in [-0.4, -0.2) is 27.5 Å². The number of halogens is 2. The molecule has 1 aliphatic heterocycles. The molecule has 1 saturated heterocycles. The molecule has 0 radical (unpaired) electrons. The third-order valence-electron chi connectivity index (χ3n) is 4.97. The lowest BCUT2D eigenvalue weighted by molar-refractivity contribution is 0.271. The van der Waals surface area contributed by atoms with E-state index in [0.717, 1.165) is 30.9 Å². The lowest BCUT2D eigenvalue weighted by atomic mass is 10.0. The number of benzene rings is 1. The molecule has 3 heterocycles. The Balaban J connectivity index is 1.73. The lowest BCUT2D eigenvalue weighted by Gasteiger charge is -2.29. The molecule has 0 amide bonds. The Kier molecular flexibility index (Phi) is 5.18. The van der Waals surface area contributed by atoms with Gasteiger partial charge in [-0.2, -0.15) is 0 Å². The molecular weight excluding hydrogens is 393 g/mol. The predicted octanol–water partition coefficient (Wildman–Crippen LogP) is 5.02. The third kappa shape index (κ3) is 3.60. The lowest BCUT2D eigenvalue weighted by Crippen LogP contribution is -2.28. The van der Waals surface area contributed by atoms with Gasteiger partial charge in [-0.1, -0.05) is 12.1 Å². The minimum atomic E-state index is -0.224. The first-order chi connectivity index (χ1) is 12.7. The average molecular weight is 414 g/mol. The molecule has 1 unspecified atom stereocenters. The van der Waals surface area contributed by atoms with Gasteiger partial charge in [0.05, 0.1) is 22.8 Å². The average Bonchev–Trinajstić information content (AvgIpc) is 3.33. The van der Waals surface area contributed by atoms with E-state index in [0.29, 0.717) is 4.47 Å². The first-order valence-corrected chi connectivity index (χ1v) is 9.75. The zero-order valence-corrected chi connectivity index (χ0v) is 16.1. The summed E-state index contributed by atoms with van der Waals surface area (Å²) in [6.07, 6.45) is 6.35. The van der Waals surface area contributed by atoms with E-state index < -0.39 is 0 Å². The van der Waals surface area contributed by atoms with E-state index in [9.17, 15) is 4.39 Å². The summed E-state index contributed by atoms with van der Waals surface area (Å²) in [6.45, 7) is 2.86. The molecule has 0 bridgehead atoms. The number of pyridine rings is 1. The molecule has 3 aromatic rings. The standard InChI is InChI=1S/C21H21BrFN3/c22-18-14-16(8-9-19(18)23)21(25-11-3-4-12-25)20-7-5-13-26(20)15-17-6-1-2-10-24-17/h1-2,5-10,13-14,21H,3-4,11-12,15H2. The smallest absolute Gasteiger partial charge is 0.137 e. The minimum absolute atomic E-state index is 0.119. The summed E-state index contributed by atoms with van der Waals surface area (Å²) in [6, 6.07) is 15.7. The maximum Gasteiger partial charge on any atom is 0.137 e. The van der Waals surface area contributed by atoms with E-state index >= 15 is 0 Å². The molecule has 4 rings (SSSR count). The molecular formula is C21H21BrFN3. The third-order valence-corrected chi connectivity index (χ3v) is 5.58. The summed E-state index contributed by atoms with van der Waals surface area (Å²) in [7, 11) is 0. The topological polar surface area (TPSA) is 21.1 Å². The first-order valence-electron chi connectivity index (χ1n) is 8.96. The van der Waals surface area contributed by atoms with E-state index in [-0.39, 0.29) is 11.9 Å². The largest absolute Gasteiger partial charge is 0.344 e. The van der Waals surface area contributed by atoms with E-state index in [2.05, 4.69) is 48.7 Å². The molecule has 0 spiro atoms. The van der Waals surface area contributed by atoms with Crippen LogP contribution in [0.4, 0.5) is 4.39 Å². The molecule has 0 N–H and O–H groups in total. The van der Waals surface area contributed by atoms with Crippen molar-refractivity contribution in [2.75, 3.05) is 13.1 Å². The monoisotopic (exact) mass is 413 g/mol. The minimum Gasteiger partial charge on any atom is -0.344 e. The van der Waals surface area contributed by atoms with Crippen LogP contribution >= 0.6 is 15.9 Å². The van der Waals surface area contributed by atoms with Crippen molar-refractivity contribution in [1.29, 1.82) is 0 Å². The van der Waals surface area contributed by atoms with Crippen LogP contribution < -0.4 is 0 Å². The van der Waals surface area contributed by atoms with Gasteiger partial charge in [0.15, 0.2) is 0 Å². The van der Waals surface area contributed by atoms with Crippen molar-refractivity contribution in [3.63, 3.8) is 0 Å². The number of hydrogen-bond acceptors (Lipinski definition) is 2. The Morgan fingerprint density at radius 1 is 1.08 bits per heavy atom. The zero-order valence-electron chi connectivity index (χ0n) is 14.5. The van der Waals surface area contributed by atoms with Crippen molar-refractivity contribution >= 4 is 15.9 Å². The number of nitrogens with zero attached hydrogens (tertiary/aromatic N) is 3. The van der Waals surface area contributed by atoms with Crippen molar-refractivity contribution in [2.45, 2.75) is 25.4 Å². The maximum absolute atomic E-state index is 13.8. The molecule has 1 atom stereocenters. The molecule has 3 nitrogen and oxygen atoms in total. The van der Waals surface area contributed by atoms with Gasteiger partial charge in [-0.3, -0.25) is 9.88 Å². The second-order valence-electron chi connectivity index (χ2n) is 6.70. The fraction of sp³-hybridized carbons (Fsp3) is 0.286. The molecule has 2 aromatic heterocycles. The predicted molar refractivity (Wildman–Crippen MR) is 105 cm³/mol. The zero-order chi connectivity index (χ0) is 17.9. The second-order valence-corrected chi connectivity index (χ2v) is 7.56. The normalized spacial score (nSPS) is 16.1. The molecule has 1 aliphatic rings. The number of likely N-dealkylation sites (tertiary alicyclic amines) is 1. The van der Waals surface area contributed by atoms with Crippen molar-refractivity contribution in [3.05, 3.63) is 88.2 Å². The van der Waals surface area contributed by atoms with Crippen molar-refractivity contribution in [2.24, 2.45) is 0 Å². The molecule has 1 aromatic carbocycles. The highest BCUT2D eigenvalue weighted by Crippen LogP contribution is 2.34. The molecule has 1 fully saturated rings. The second kappa shape index (κ2) is 7.72. The van der Waals surface area contributed by atoms with E-state index in [4.69, 9.17) is 0 Å². The Morgan fingerprint density at radius 2 is 1.92 bits per heavy atom. The van der Waals surface area contributed by atoms with Crippen LogP contribution in [0.3, 0.4) is 0 Å². The van der Waals surface area contributed by atoms with Gasteiger partial charge >= 0.3 is 0 Å². The molecule has 26 heavy (non-hydrogen) atoms. The van der Waals surface area contributed by atoms with Gasteiger partial charge in [-0.15, -0.1) is 0 Å². The fourth-order valence-corrected chi connectivity index (χ4v) is 4.13. The van der Waals surface area contributed by atoms with Gasteiger partial charge in [0.2, 0.25) is 0 Å². The van der Waals surface area contributed by atoms with Crippen molar-refractivity contribution in [1.82, 2.24) is 14.5 Å². The van der Waals surface area contributed by atoms with Crippen LogP contribution in [0.25, 0.3) is 0 Å². The number of aromatic nitrogens is 2. The van der Waals surface area contributed by atoms with Gasteiger partial charge in [-0.25, -0.2) is 4.39 Å². The van der Waals surface area contributed by atoms with Gasteiger partial charge in [-0.05, 0) is 83.8 Å². The quantitative estimate of drug-likeness (QED) is 0.585. The van der Waals surface area contributed by atoms with Crippen molar-refractivity contribution in [3.8, 4) is 0 Å². The summed E-state index contributed by atoms with van der Waals surface area (Å²) in [5.41, 5.74) is 3.36. The van der Waals surface area contributed by atoms with E-state index in [1.165, 1.54) is 18.5 Å². The molecule has 5 heteroatoms. The van der Waals surface area contributed by atoms with E-state index in [1.807, 2.05) is 36.5 Å². The van der Waals surface area contributed by atoms with Gasteiger partial charge in [0.25, 0.3) is 0 Å². The highest BCUT2D eigenvalue weighted by molar-refractivity contribution is 9.10. The van der Waals surface area contributed by atoms with Crippen LogP contribution in [0.5, 0.6) is 0 Å². The Labute approximate surface area is 161 Å². The molecule has 0 saturated carbocycles. The fourth-order valence-electron chi connectivity index (χ4n) is 3.74. The van der Waals surface area contributed by atoms with Crippen LogP contribution in [0.15, 0.2) is 65.4 Å². The maximum atomic E-state index is 13.8. The van der Waals surface area contributed by atoms with Gasteiger partial charge in [0, 0.05) is 18.1 Å². The molecule has 0 aliphatic carbocycles. The summed E-state index contributed by atoms with van der Waals surface area (Å²) in [5, 5.41) is 0. The van der Waals surface area contributed by atoms with Gasteiger partial charge < -0.3 is 4.57 Å². The van der Waals surface area contributed by atoms with Gasteiger partial charge in [0.1, 0.15) is 5.82 Å². The van der Waals surface area contributed by atoms with E-state index in [1.54, 1.807) is 6.07 Å². The highest BCUT2D eigenvalue weighted by atomic mass is 79.9. The van der Waals surface area contributed by atoms with Crippen LogP contribution in [-0.2, 0) is 6.54 Å². The number of hydrogen-bond donors (Lipinski definition) is 0. The van der Waals surface area contributed by atoms with Crippen LogP contribution in [0, 0.1) is 5.82 Å². The summed E-state index contributed by atoms with van der Waals surface area (Å²) in [5.74, 6) is -0.224.